The molecule has 162 valence electrons. The van der Waals surface area contributed by atoms with Crippen LogP contribution in [0.25, 0.3) is 0 Å². The minimum atomic E-state index is -0.428. The highest BCUT2D eigenvalue weighted by Crippen LogP contribution is 2.61. The number of piperidine rings is 1. The molecule has 0 radical (unpaired) electrons. The molecule has 2 aromatic carbocycles. The summed E-state index contributed by atoms with van der Waals surface area (Å²) in [4.78, 5) is 2.28. The summed E-state index contributed by atoms with van der Waals surface area (Å²) < 4.78 is 20.7. The van der Waals surface area contributed by atoms with Crippen LogP contribution in [0.5, 0.6) is 5.75 Å². The first-order valence-corrected chi connectivity index (χ1v) is 11.0. The summed E-state index contributed by atoms with van der Waals surface area (Å²) in [6, 6.07) is 9.36. The molecule has 2 aromatic rings. The molecule has 0 aromatic heterocycles. The maximum absolute atomic E-state index is 15.0. The molecule has 1 fully saturated rings. The Morgan fingerprint density at radius 2 is 1.93 bits per heavy atom. The lowest BCUT2D eigenvalue weighted by Crippen LogP contribution is -2.50. The van der Waals surface area contributed by atoms with Crippen LogP contribution >= 0.6 is 11.6 Å². The molecule has 4 nitrogen and oxygen atoms in total. The smallest absolute Gasteiger partial charge is 0.145 e. The zero-order chi connectivity index (χ0) is 21.7. The highest BCUT2D eigenvalue weighted by Gasteiger charge is 2.55. The molecule has 2 heterocycles. The van der Waals surface area contributed by atoms with Gasteiger partial charge in [0, 0.05) is 23.1 Å². The van der Waals surface area contributed by atoms with E-state index in [0.717, 1.165) is 49.3 Å². The molecular weight excluding hydrogens is 401 g/mol. The molecular formula is C24H31ClFN3O. The van der Waals surface area contributed by atoms with Gasteiger partial charge in [-0.2, -0.15) is 0 Å². The normalized spacial score (nSPS) is 20.5. The van der Waals surface area contributed by atoms with Gasteiger partial charge >= 0.3 is 0 Å². The Hall–Kier alpha value is -1.98. The van der Waals surface area contributed by atoms with Gasteiger partial charge in [0.25, 0.3) is 0 Å². The Labute approximate surface area is 183 Å². The second-order valence-electron chi connectivity index (χ2n) is 9.71. The number of nitrogens with one attached hydrogen (secondary N) is 1. The number of para-hydroxylation sites is 2. The van der Waals surface area contributed by atoms with Crippen molar-refractivity contribution in [2.45, 2.75) is 51.5 Å². The van der Waals surface area contributed by atoms with Crippen molar-refractivity contribution >= 4 is 28.7 Å². The lowest BCUT2D eigenvalue weighted by Gasteiger charge is -2.45. The fourth-order valence-corrected chi connectivity index (χ4v) is 5.66. The van der Waals surface area contributed by atoms with Crippen molar-refractivity contribution in [2.75, 3.05) is 30.8 Å². The average molecular weight is 432 g/mol. The van der Waals surface area contributed by atoms with Gasteiger partial charge in [0.2, 0.25) is 0 Å². The Morgan fingerprint density at radius 1 is 1.27 bits per heavy atom. The zero-order valence-corrected chi connectivity index (χ0v) is 18.9. The fourth-order valence-electron chi connectivity index (χ4n) is 5.33. The molecule has 30 heavy (non-hydrogen) atoms. The van der Waals surface area contributed by atoms with Crippen LogP contribution in [-0.2, 0) is 5.41 Å². The molecule has 1 spiro atoms. The maximum Gasteiger partial charge on any atom is 0.145 e. The van der Waals surface area contributed by atoms with Crippen molar-refractivity contribution in [3.8, 4) is 5.75 Å². The summed E-state index contributed by atoms with van der Waals surface area (Å²) in [7, 11) is 1.58. The average Bonchev–Trinajstić information content (AvgIpc) is 2.94. The third-order valence-corrected chi connectivity index (χ3v) is 6.93. The lowest BCUT2D eigenvalue weighted by molar-refractivity contribution is 0.216. The SMILES string of the molecule is COc1cc(F)c(Cl)c2c1N(c1ccccc1N)C(CC(C)(C)C)C21CCNCC1. The predicted molar refractivity (Wildman–Crippen MR) is 123 cm³/mol. The van der Waals surface area contributed by atoms with Crippen molar-refractivity contribution in [3.63, 3.8) is 0 Å². The molecule has 4 rings (SSSR count). The van der Waals surface area contributed by atoms with Crippen molar-refractivity contribution in [1.29, 1.82) is 0 Å². The van der Waals surface area contributed by atoms with Crippen LogP contribution in [0.15, 0.2) is 30.3 Å². The number of ether oxygens (including phenoxy) is 1. The number of methoxy groups -OCH3 is 1. The van der Waals surface area contributed by atoms with E-state index in [1.54, 1.807) is 7.11 Å². The van der Waals surface area contributed by atoms with E-state index in [1.165, 1.54) is 6.07 Å². The molecule has 1 saturated heterocycles. The van der Waals surface area contributed by atoms with Crippen LogP contribution in [0.3, 0.4) is 0 Å². The second-order valence-corrected chi connectivity index (χ2v) is 10.1. The topological polar surface area (TPSA) is 50.5 Å². The van der Waals surface area contributed by atoms with E-state index < -0.39 is 5.82 Å². The Bertz CT molecular complexity index is 950. The zero-order valence-electron chi connectivity index (χ0n) is 18.2. The summed E-state index contributed by atoms with van der Waals surface area (Å²) in [6.45, 7) is 8.48. The van der Waals surface area contributed by atoms with Crippen molar-refractivity contribution in [3.05, 3.63) is 46.7 Å². The van der Waals surface area contributed by atoms with Gasteiger partial charge in [-0.25, -0.2) is 4.39 Å². The molecule has 0 aliphatic carbocycles. The van der Waals surface area contributed by atoms with Crippen LogP contribution in [0, 0.1) is 11.2 Å². The number of nitrogens with two attached hydrogens (primary N) is 1. The standard InChI is InChI=1S/C24H31ClFN3O/c1-23(2,3)14-19-24(9-11-28-12-10-24)20-21(25)15(26)13-18(30-4)22(20)29(19)17-8-6-5-7-16(17)27/h5-8,13,19,28H,9-12,14,27H2,1-4H3. The number of hydrogen-bond acceptors (Lipinski definition) is 4. The first-order valence-electron chi connectivity index (χ1n) is 10.6. The minimum Gasteiger partial charge on any atom is -0.494 e. The van der Waals surface area contributed by atoms with Gasteiger partial charge in [-0.3, -0.25) is 0 Å². The first-order chi connectivity index (χ1) is 14.2. The lowest BCUT2D eigenvalue weighted by atomic mass is 9.66. The quantitative estimate of drug-likeness (QED) is 0.617. The van der Waals surface area contributed by atoms with Gasteiger partial charge in [-0.05, 0) is 49.9 Å². The largest absolute Gasteiger partial charge is 0.494 e. The molecule has 0 bridgehead atoms. The molecule has 0 amide bonds. The van der Waals surface area contributed by atoms with Crippen LogP contribution in [0.2, 0.25) is 5.02 Å². The van der Waals surface area contributed by atoms with E-state index in [-0.39, 0.29) is 21.9 Å². The van der Waals surface area contributed by atoms with E-state index in [2.05, 4.69) is 31.0 Å². The number of halogens is 2. The van der Waals surface area contributed by atoms with Crippen molar-refractivity contribution in [1.82, 2.24) is 5.32 Å². The van der Waals surface area contributed by atoms with Crippen molar-refractivity contribution in [2.24, 2.45) is 5.41 Å². The number of hydrogen-bond donors (Lipinski definition) is 2. The maximum atomic E-state index is 15.0. The summed E-state index contributed by atoms with van der Waals surface area (Å²) in [5.41, 5.74) is 9.59. The van der Waals surface area contributed by atoms with E-state index >= 15 is 0 Å². The van der Waals surface area contributed by atoms with Crippen LogP contribution in [0.1, 0.15) is 45.6 Å². The van der Waals surface area contributed by atoms with Crippen molar-refractivity contribution < 1.29 is 9.13 Å². The molecule has 1 unspecified atom stereocenters. The van der Waals surface area contributed by atoms with Gasteiger partial charge in [-0.15, -0.1) is 0 Å². The molecule has 2 aliphatic rings. The van der Waals surface area contributed by atoms with Crippen LogP contribution in [-0.4, -0.2) is 26.2 Å². The highest BCUT2D eigenvalue weighted by atomic mass is 35.5. The molecule has 3 N–H and O–H groups in total. The highest BCUT2D eigenvalue weighted by molar-refractivity contribution is 6.32. The van der Waals surface area contributed by atoms with Gasteiger partial charge in [0.1, 0.15) is 11.6 Å². The second kappa shape index (κ2) is 7.61. The fraction of sp³-hybridized carbons (Fsp3) is 0.500. The number of nitrogen functional groups attached to an aromatic ring is 1. The van der Waals surface area contributed by atoms with Gasteiger partial charge in [-0.1, -0.05) is 44.5 Å². The number of benzene rings is 2. The summed E-state index contributed by atoms with van der Waals surface area (Å²) in [5, 5.41) is 3.68. The number of rotatable bonds is 3. The number of anilines is 3. The van der Waals surface area contributed by atoms with Gasteiger partial charge in [0.05, 0.1) is 29.2 Å². The van der Waals surface area contributed by atoms with E-state index in [0.29, 0.717) is 11.4 Å². The molecule has 6 heteroatoms. The van der Waals surface area contributed by atoms with Crippen LogP contribution < -0.4 is 20.7 Å². The molecule has 1 atom stereocenters. The Morgan fingerprint density at radius 3 is 2.53 bits per heavy atom. The summed E-state index contributed by atoms with van der Waals surface area (Å²) in [6.07, 6.45) is 2.68. The number of fused-ring (bicyclic) bond motifs is 2. The van der Waals surface area contributed by atoms with Gasteiger partial charge in [0.15, 0.2) is 0 Å². The summed E-state index contributed by atoms with van der Waals surface area (Å²) in [5.74, 6) is 0.0760. The van der Waals surface area contributed by atoms with Crippen LogP contribution in [0.4, 0.5) is 21.5 Å². The third kappa shape index (κ3) is 3.32. The van der Waals surface area contributed by atoms with E-state index in [9.17, 15) is 4.39 Å². The summed E-state index contributed by atoms with van der Waals surface area (Å²) >= 11 is 6.71. The minimum absolute atomic E-state index is 0.0602. The number of nitrogens with zero attached hydrogens (tertiary/aromatic N) is 1. The van der Waals surface area contributed by atoms with Gasteiger partial charge < -0.3 is 20.7 Å². The monoisotopic (exact) mass is 431 g/mol. The Kier molecular flexibility index (Phi) is 5.39. The first kappa shape index (κ1) is 21.3. The Balaban J connectivity index is 2.06. The molecule has 0 saturated carbocycles. The van der Waals surface area contributed by atoms with E-state index in [1.807, 2.05) is 24.3 Å². The third-order valence-electron chi connectivity index (χ3n) is 6.56. The predicted octanol–water partition coefficient (Wildman–Crippen LogP) is 5.65. The molecule has 2 aliphatic heterocycles. The van der Waals surface area contributed by atoms with E-state index in [4.69, 9.17) is 22.1 Å².